The van der Waals surface area contributed by atoms with Gasteiger partial charge < -0.3 is 10.3 Å². The highest BCUT2D eigenvalue weighted by Crippen LogP contribution is 2.37. The molecule has 0 atom stereocenters. The highest BCUT2D eigenvalue weighted by Gasteiger charge is 2.34. The third-order valence-electron chi connectivity index (χ3n) is 3.97. The predicted octanol–water partition coefficient (Wildman–Crippen LogP) is 5.10. The van der Waals surface area contributed by atoms with Gasteiger partial charge in [-0.25, -0.2) is 14.4 Å². The van der Waals surface area contributed by atoms with Crippen LogP contribution >= 0.6 is 11.3 Å². The minimum absolute atomic E-state index is 0.155. The maximum atomic E-state index is 13.6. The van der Waals surface area contributed by atoms with Gasteiger partial charge in [0, 0.05) is 10.9 Å². The molecule has 2 heterocycles. The van der Waals surface area contributed by atoms with Crippen molar-refractivity contribution in [2.75, 3.05) is 5.32 Å². The Kier molecular flexibility index (Phi) is 4.34. The van der Waals surface area contributed by atoms with Gasteiger partial charge in [0.25, 0.3) is 5.91 Å². The van der Waals surface area contributed by atoms with Crippen molar-refractivity contribution < 1.29 is 22.4 Å². The quantitative estimate of drug-likeness (QED) is 0.465. The number of hydrogen-bond acceptors (Lipinski definition) is 4. The molecule has 0 saturated carbocycles. The lowest BCUT2D eigenvalue weighted by Crippen LogP contribution is -2.12. The summed E-state index contributed by atoms with van der Waals surface area (Å²) in [5.74, 6) is -1.45. The Bertz CT molecular complexity index is 1170. The number of thiazole rings is 1. The number of alkyl halides is 3. The number of H-pyrrole nitrogens is 1. The van der Waals surface area contributed by atoms with Gasteiger partial charge in [-0.05, 0) is 30.3 Å². The number of anilines is 1. The predicted molar refractivity (Wildman–Crippen MR) is 96.6 cm³/mol. The standard InChI is InChI=1S/C18H10F4N4OS/c19-9-4-5-11(18(20,21)22)10(6-9)16-24-12-2-1-3-13(15(12)26-16)25-17(27)14-7-28-8-23-14/h1-8H,(H,24,26)(H,25,27). The van der Waals surface area contributed by atoms with E-state index in [4.69, 9.17) is 0 Å². The van der Waals surface area contributed by atoms with Crippen molar-refractivity contribution in [1.82, 2.24) is 15.0 Å². The van der Waals surface area contributed by atoms with Crippen molar-refractivity contribution in [3.63, 3.8) is 0 Å². The Balaban J connectivity index is 1.80. The topological polar surface area (TPSA) is 70.7 Å². The number of fused-ring (bicyclic) bond motifs is 1. The molecule has 5 nitrogen and oxygen atoms in total. The summed E-state index contributed by atoms with van der Waals surface area (Å²) in [4.78, 5) is 23.1. The lowest BCUT2D eigenvalue weighted by molar-refractivity contribution is -0.137. The zero-order valence-corrected chi connectivity index (χ0v) is 14.7. The van der Waals surface area contributed by atoms with Gasteiger partial charge in [-0.3, -0.25) is 4.79 Å². The second-order valence-corrected chi connectivity index (χ2v) is 6.52. The molecule has 2 aromatic heterocycles. The van der Waals surface area contributed by atoms with E-state index in [1.165, 1.54) is 16.8 Å². The normalized spacial score (nSPS) is 11.7. The van der Waals surface area contributed by atoms with Crippen LogP contribution in [-0.2, 0) is 6.18 Å². The third-order valence-corrected chi connectivity index (χ3v) is 4.55. The fraction of sp³-hybridized carbons (Fsp3) is 0.0556. The van der Waals surface area contributed by atoms with E-state index in [0.717, 1.165) is 12.1 Å². The number of halogens is 4. The molecule has 28 heavy (non-hydrogen) atoms. The molecule has 0 bridgehead atoms. The maximum absolute atomic E-state index is 13.6. The number of carbonyl (C=O) groups is 1. The third kappa shape index (κ3) is 3.33. The van der Waals surface area contributed by atoms with Crippen molar-refractivity contribution >= 4 is 34.0 Å². The smallest absolute Gasteiger partial charge is 0.338 e. The number of amides is 1. The largest absolute Gasteiger partial charge is 0.417 e. The Labute approximate surface area is 159 Å². The van der Waals surface area contributed by atoms with Crippen LogP contribution in [0.1, 0.15) is 16.1 Å². The molecule has 2 aromatic carbocycles. The van der Waals surface area contributed by atoms with Crippen LogP contribution in [-0.4, -0.2) is 20.9 Å². The fourth-order valence-electron chi connectivity index (χ4n) is 2.73. The average Bonchev–Trinajstić information content (AvgIpc) is 3.31. The average molecular weight is 406 g/mol. The minimum atomic E-state index is -4.68. The molecule has 0 spiro atoms. The number of nitrogens with zero attached hydrogens (tertiary/aromatic N) is 2. The molecule has 10 heteroatoms. The van der Waals surface area contributed by atoms with Crippen LogP contribution in [0.15, 0.2) is 47.3 Å². The summed E-state index contributed by atoms with van der Waals surface area (Å²) in [6.07, 6.45) is -4.68. The number of carbonyl (C=O) groups excluding carboxylic acids is 1. The molecule has 0 aliphatic rings. The molecule has 0 saturated heterocycles. The number of rotatable bonds is 3. The van der Waals surface area contributed by atoms with Crippen molar-refractivity contribution in [1.29, 1.82) is 0 Å². The van der Waals surface area contributed by atoms with E-state index in [-0.39, 0.29) is 17.0 Å². The van der Waals surface area contributed by atoms with Crippen molar-refractivity contribution in [2.24, 2.45) is 0 Å². The van der Waals surface area contributed by atoms with E-state index in [2.05, 4.69) is 20.3 Å². The van der Waals surface area contributed by atoms with Gasteiger partial charge >= 0.3 is 6.18 Å². The number of hydrogen-bond donors (Lipinski definition) is 2. The van der Waals surface area contributed by atoms with E-state index < -0.39 is 29.0 Å². The molecule has 142 valence electrons. The summed E-state index contributed by atoms with van der Waals surface area (Å²) in [5.41, 5.74) is 1.22. The van der Waals surface area contributed by atoms with Crippen LogP contribution in [0.2, 0.25) is 0 Å². The van der Waals surface area contributed by atoms with Crippen molar-refractivity contribution in [3.05, 3.63) is 64.4 Å². The Morgan fingerprint density at radius 2 is 2.00 bits per heavy atom. The second kappa shape index (κ2) is 6.71. The van der Waals surface area contributed by atoms with Crippen molar-refractivity contribution in [2.45, 2.75) is 6.18 Å². The first-order valence-corrected chi connectivity index (χ1v) is 8.82. The highest BCUT2D eigenvalue weighted by atomic mass is 32.1. The molecule has 4 rings (SSSR count). The number of nitrogens with one attached hydrogen (secondary N) is 2. The lowest BCUT2D eigenvalue weighted by atomic mass is 10.1. The number of para-hydroxylation sites is 1. The summed E-state index contributed by atoms with van der Waals surface area (Å²) in [6.45, 7) is 0. The van der Waals surface area contributed by atoms with Gasteiger partial charge in [0.2, 0.25) is 0 Å². The second-order valence-electron chi connectivity index (χ2n) is 5.80. The number of benzene rings is 2. The van der Waals surface area contributed by atoms with E-state index in [1.54, 1.807) is 23.6 Å². The maximum Gasteiger partial charge on any atom is 0.417 e. The van der Waals surface area contributed by atoms with Gasteiger partial charge in [0.05, 0.1) is 22.3 Å². The Morgan fingerprint density at radius 3 is 2.71 bits per heavy atom. The highest BCUT2D eigenvalue weighted by molar-refractivity contribution is 7.07. The monoisotopic (exact) mass is 406 g/mol. The Morgan fingerprint density at radius 1 is 1.18 bits per heavy atom. The molecule has 0 radical (unpaired) electrons. The summed E-state index contributed by atoms with van der Waals surface area (Å²) in [5, 5.41) is 4.20. The first-order chi connectivity index (χ1) is 13.3. The summed E-state index contributed by atoms with van der Waals surface area (Å²) < 4.78 is 53.5. The summed E-state index contributed by atoms with van der Waals surface area (Å²) in [7, 11) is 0. The van der Waals surface area contributed by atoms with Gasteiger partial charge in [0.1, 0.15) is 22.9 Å². The molecule has 1 amide bonds. The zero-order valence-electron chi connectivity index (χ0n) is 13.8. The van der Waals surface area contributed by atoms with Crippen LogP contribution in [0, 0.1) is 5.82 Å². The first kappa shape index (κ1) is 18.1. The van der Waals surface area contributed by atoms with Gasteiger partial charge in [-0.1, -0.05) is 6.07 Å². The summed E-state index contributed by atoms with van der Waals surface area (Å²) in [6, 6.07) is 6.95. The van der Waals surface area contributed by atoms with E-state index in [0.29, 0.717) is 17.3 Å². The first-order valence-electron chi connectivity index (χ1n) is 7.88. The molecule has 4 aromatic rings. The van der Waals surface area contributed by atoms with Crippen molar-refractivity contribution in [3.8, 4) is 11.4 Å². The van der Waals surface area contributed by atoms with E-state index in [9.17, 15) is 22.4 Å². The van der Waals surface area contributed by atoms with E-state index in [1.807, 2.05) is 0 Å². The SMILES string of the molecule is O=C(Nc1cccc2[nH]c(-c3cc(F)ccc3C(F)(F)F)nc12)c1cscn1. The van der Waals surface area contributed by atoms with Gasteiger partial charge in [0.15, 0.2) is 0 Å². The van der Waals surface area contributed by atoms with Crippen LogP contribution in [0.5, 0.6) is 0 Å². The molecular formula is C18H10F4N4OS. The lowest BCUT2D eigenvalue weighted by Gasteiger charge is -2.11. The molecular weight excluding hydrogens is 396 g/mol. The van der Waals surface area contributed by atoms with Crippen LogP contribution in [0.3, 0.4) is 0 Å². The molecule has 0 fully saturated rings. The number of aromatic amines is 1. The number of imidazole rings is 1. The minimum Gasteiger partial charge on any atom is -0.338 e. The molecule has 0 aliphatic carbocycles. The fourth-order valence-corrected chi connectivity index (χ4v) is 3.26. The van der Waals surface area contributed by atoms with Crippen LogP contribution < -0.4 is 5.32 Å². The van der Waals surface area contributed by atoms with Crippen LogP contribution in [0.25, 0.3) is 22.4 Å². The molecule has 0 unspecified atom stereocenters. The van der Waals surface area contributed by atoms with Gasteiger partial charge in [-0.15, -0.1) is 11.3 Å². The van der Waals surface area contributed by atoms with E-state index >= 15 is 0 Å². The van der Waals surface area contributed by atoms with Crippen LogP contribution in [0.4, 0.5) is 23.2 Å². The number of aromatic nitrogens is 3. The zero-order chi connectivity index (χ0) is 19.9. The Hall–Kier alpha value is -3.27. The summed E-state index contributed by atoms with van der Waals surface area (Å²) >= 11 is 1.25. The van der Waals surface area contributed by atoms with Gasteiger partial charge in [-0.2, -0.15) is 13.2 Å². The molecule has 0 aliphatic heterocycles. The molecule has 2 N–H and O–H groups in total.